The predicted octanol–water partition coefficient (Wildman–Crippen LogP) is 4.16. The van der Waals surface area contributed by atoms with Crippen molar-refractivity contribution in [1.82, 2.24) is 0 Å². The lowest BCUT2D eigenvalue weighted by Crippen LogP contribution is -2.04. The minimum absolute atomic E-state index is 0.135. The molecule has 22 heavy (non-hydrogen) atoms. The van der Waals surface area contributed by atoms with Gasteiger partial charge in [-0.25, -0.2) is 9.79 Å². The molecule has 1 aromatic heterocycles. The van der Waals surface area contributed by atoms with Crippen molar-refractivity contribution in [3.05, 3.63) is 56.5 Å². The van der Waals surface area contributed by atoms with Crippen LogP contribution in [0.25, 0.3) is 6.08 Å². The van der Waals surface area contributed by atoms with Gasteiger partial charge >= 0.3 is 5.97 Å². The highest BCUT2D eigenvalue weighted by atomic mass is 79.9. The number of carbonyl (C=O) groups is 1. The first-order valence-corrected chi connectivity index (χ1v) is 7.77. The van der Waals surface area contributed by atoms with Crippen LogP contribution in [0.2, 0.25) is 0 Å². The summed E-state index contributed by atoms with van der Waals surface area (Å²) in [5.74, 6) is 0.609. The summed E-state index contributed by atoms with van der Waals surface area (Å²) < 4.78 is 17.1. The van der Waals surface area contributed by atoms with Gasteiger partial charge in [0.25, 0.3) is 5.90 Å². The van der Waals surface area contributed by atoms with Crippen LogP contribution in [0.15, 0.2) is 54.6 Å². The predicted molar refractivity (Wildman–Crippen MR) is 87.7 cm³/mol. The maximum absolute atomic E-state index is 11.9. The molecule has 0 saturated carbocycles. The molecule has 0 spiro atoms. The molecule has 1 aliphatic rings. The second kappa shape index (κ2) is 6.10. The first-order valence-electron chi connectivity index (χ1n) is 6.18. The van der Waals surface area contributed by atoms with Gasteiger partial charge < -0.3 is 13.9 Å². The minimum atomic E-state index is -0.537. The number of hydrogen-bond acceptors (Lipinski definition) is 5. The Morgan fingerprint density at radius 1 is 1.23 bits per heavy atom. The zero-order chi connectivity index (χ0) is 15.7. The van der Waals surface area contributed by atoms with Gasteiger partial charge in [-0.1, -0.05) is 15.9 Å². The Balaban J connectivity index is 1.99. The first-order chi connectivity index (χ1) is 10.6. The molecule has 0 bridgehead atoms. The Morgan fingerprint density at radius 2 is 2.05 bits per heavy atom. The van der Waals surface area contributed by atoms with Crippen molar-refractivity contribution >= 4 is 49.8 Å². The van der Waals surface area contributed by atoms with Crippen molar-refractivity contribution in [2.24, 2.45) is 4.99 Å². The van der Waals surface area contributed by atoms with E-state index < -0.39 is 5.97 Å². The Kier molecular flexibility index (Phi) is 4.17. The molecule has 1 aromatic carbocycles. The number of nitrogens with zero attached hydrogens (tertiary/aromatic N) is 1. The van der Waals surface area contributed by atoms with E-state index in [-0.39, 0.29) is 11.6 Å². The highest BCUT2D eigenvalue weighted by Crippen LogP contribution is 2.28. The maximum Gasteiger partial charge on any atom is 0.363 e. The van der Waals surface area contributed by atoms with Crippen LogP contribution < -0.4 is 4.74 Å². The van der Waals surface area contributed by atoms with Crippen molar-refractivity contribution in [2.75, 3.05) is 7.11 Å². The lowest BCUT2D eigenvalue weighted by atomic mass is 10.1. The molecule has 0 atom stereocenters. The first kappa shape index (κ1) is 15.1. The van der Waals surface area contributed by atoms with Crippen LogP contribution in [0.3, 0.4) is 0 Å². The number of ether oxygens (including phenoxy) is 2. The third kappa shape index (κ3) is 3.00. The average Bonchev–Trinajstić information content (AvgIpc) is 3.06. The summed E-state index contributed by atoms with van der Waals surface area (Å²) in [5, 5.41) is 0. The Hall–Kier alpha value is -1.86. The standard InChI is InChI=1S/C15H9Br2NO4/c1-20-11-3-2-9(16)6-8(11)7-10-15(19)22-14(18-10)12-4-5-13(17)21-12/h2-7H,1H3. The molecule has 112 valence electrons. The van der Waals surface area contributed by atoms with Crippen LogP contribution in [0.5, 0.6) is 5.75 Å². The molecule has 3 rings (SSSR count). The summed E-state index contributed by atoms with van der Waals surface area (Å²) in [4.78, 5) is 16.1. The molecule has 0 saturated heterocycles. The van der Waals surface area contributed by atoms with Crippen LogP contribution >= 0.6 is 31.9 Å². The van der Waals surface area contributed by atoms with Gasteiger partial charge in [-0.05, 0) is 52.3 Å². The van der Waals surface area contributed by atoms with E-state index in [2.05, 4.69) is 36.9 Å². The van der Waals surface area contributed by atoms with E-state index >= 15 is 0 Å². The fourth-order valence-electron chi connectivity index (χ4n) is 1.91. The number of rotatable bonds is 3. The molecule has 0 radical (unpaired) electrons. The summed E-state index contributed by atoms with van der Waals surface area (Å²) in [6.45, 7) is 0. The van der Waals surface area contributed by atoms with E-state index in [1.165, 1.54) is 0 Å². The molecular weight excluding hydrogens is 418 g/mol. The van der Waals surface area contributed by atoms with Crippen LogP contribution in [-0.4, -0.2) is 19.0 Å². The SMILES string of the molecule is COc1ccc(Br)cc1C=C1N=C(c2ccc(Br)o2)OC1=O. The zero-order valence-corrected chi connectivity index (χ0v) is 14.5. The van der Waals surface area contributed by atoms with Gasteiger partial charge in [0, 0.05) is 10.0 Å². The molecule has 7 heteroatoms. The molecule has 0 aliphatic carbocycles. The molecule has 1 aliphatic heterocycles. The fourth-order valence-corrected chi connectivity index (χ4v) is 2.59. The second-order valence-corrected chi connectivity index (χ2v) is 6.02. The van der Waals surface area contributed by atoms with Crippen LogP contribution in [0.4, 0.5) is 0 Å². The van der Waals surface area contributed by atoms with Gasteiger partial charge in [-0.3, -0.25) is 0 Å². The van der Waals surface area contributed by atoms with E-state index in [9.17, 15) is 4.79 Å². The lowest BCUT2D eigenvalue weighted by Gasteiger charge is -2.04. The summed E-state index contributed by atoms with van der Waals surface area (Å²) >= 11 is 6.58. The molecule has 0 unspecified atom stereocenters. The van der Waals surface area contributed by atoms with Crippen molar-refractivity contribution < 1.29 is 18.7 Å². The van der Waals surface area contributed by atoms with Crippen molar-refractivity contribution in [3.63, 3.8) is 0 Å². The zero-order valence-electron chi connectivity index (χ0n) is 11.3. The van der Waals surface area contributed by atoms with E-state index in [0.717, 1.165) is 10.0 Å². The third-order valence-electron chi connectivity index (χ3n) is 2.89. The Bertz CT molecular complexity index is 808. The second-order valence-electron chi connectivity index (χ2n) is 4.33. The molecule has 0 N–H and O–H groups in total. The summed E-state index contributed by atoms with van der Waals surface area (Å²) in [7, 11) is 1.56. The van der Waals surface area contributed by atoms with Gasteiger partial charge in [-0.2, -0.15) is 0 Å². The molecule has 0 amide bonds. The van der Waals surface area contributed by atoms with Gasteiger partial charge in [0.05, 0.1) is 7.11 Å². The third-order valence-corrected chi connectivity index (χ3v) is 3.81. The lowest BCUT2D eigenvalue weighted by molar-refractivity contribution is -0.130. The van der Waals surface area contributed by atoms with E-state index in [1.807, 2.05) is 12.1 Å². The molecule has 2 heterocycles. The van der Waals surface area contributed by atoms with Crippen molar-refractivity contribution in [2.45, 2.75) is 0 Å². The van der Waals surface area contributed by atoms with Gasteiger partial charge in [0.2, 0.25) is 0 Å². The van der Waals surface area contributed by atoms with Gasteiger partial charge in [-0.15, -0.1) is 0 Å². The Labute approximate surface area is 142 Å². The quantitative estimate of drug-likeness (QED) is 0.546. The molecule has 2 aromatic rings. The Morgan fingerprint density at radius 3 is 2.73 bits per heavy atom. The van der Waals surface area contributed by atoms with E-state index in [0.29, 0.717) is 16.2 Å². The van der Waals surface area contributed by atoms with Crippen LogP contribution in [-0.2, 0) is 9.53 Å². The monoisotopic (exact) mass is 425 g/mol. The number of hydrogen-bond donors (Lipinski definition) is 0. The number of methoxy groups -OCH3 is 1. The smallest absolute Gasteiger partial charge is 0.363 e. The minimum Gasteiger partial charge on any atom is -0.496 e. The molecule has 0 fully saturated rings. The molecular formula is C15H9Br2NO4. The van der Waals surface area contributed by atoms with Gasteiger partial charge in [0.1, 0.15) is 5.75 Å². The number of benzene rings is 1. The highest BCUT2D eigenvalue weighted by molar-refractivity contribution is 9.10. The fraction of sp³-hybridized carbons (Fsp3) is 0.0667. The van der Waals surface area contributed by atoms with Crippen LogP contribution in [0, 0.1) is 0 Å². The normalized spacial score (nSPS) is 15.9. The van der Waals surface area contributed by atoms with Crippen molar-refractivity contribution in [1.29, 1.82) is 0 Å². The summed E-state index contributed by atoms with van der Waals surface area (Å²) in [5.41, 5.74) is 0.897. The number of furan rings is 1. The maximum atomic E-state index is 11.9. The highest BCUT2D eigenvalue weighted by Gasteiger charge is 2.26. The number of cyclic esters (lactones) is 1. The topological polar surface area (TPSA) is 61.0 Å². The van der Waals surface area contributed by atoms with Crippen molar-refractivity contribution in [3.8, 4) is 5.75 Å². The summed E-state index contributed by atoms with van der Waals surface area (Å²) in [6.07, 6.45) is 1.61. The average molecular weight is 427 g/mol. The number of aliphatic imine (C=N–C) groups is 1. The number of esters is 1. The van der Waals surface area contributed by atoms with E-state index in [4.69, 9.17) is 13.9 Å². The van der Waals surface area contributed by atoms with E-state index in [1.54, 1.807) is 31.4 Å². The summed E-state index contributed by atoms with van der Waals surface area (Å²) in [6, 6.07) is 8.84. The van der Waals surface area contributed by atoms with Crippen LogP contribution in [0.1, 0.15) is 11.3 Å². The van der Waals surface area contributed by atoms with Gasteiger partial charge in [0.15, 0.2) is 16.1 Å². The number of halogens is 2. The largest absolute Gasteiger partial charge is 0.496 e. The molecule has 5 nitrogen and oxygen atoms in total. The number of carbonyl (C=O) groups excluding carboxylic acids is 1.